The molecule has 190 valence electrons. The first kappa shape index (κ1) is 25.6. The van der Waals surface area contributed by atoms with Crippen molar-refractivity contribution in [1.29, 1.82) is 0 Å². The highest BCUT2D eigenvalue weighted by molar-refractivity contribution is 5.77. The van der Waals surface area contributed by atoms with Crippen LogP contribution in [0.2, 0.25) is 0 Å². The molecule has 1 aliphatic heterocycles. The Kier molecular flexibility index (Phi) is 7.20. The Hall–Kier alpha value is -2.52. The number of ether oxygens (including phenoxy) is 3. The van der Waals surface area contributed by atoms with Crippen molar-refractivity contribution >= 4 is 0 Å². The molecule has 0 bridgehead atoms. The average molecular weight is 500 g/mol. The van der Waals surface area contributed by atoms with Gasteiger partial charge in [0.15, 0.2) is 17.9 Å². The highest BCUT2D eigenvalue weighted by atomic mass is 19.3. The van der Waals surface area contributed by atoms with E-state index in [0.717, 1.165) is 24.6 Å². The highest BCUT2D eigenvalue weighted by Gasteiger charge is 2.65. The number of alkyl halides is 4. The Morgan fingerprint density at radius 3 is 2.14 bits per heavy atom. The molecule has 0 saturated carbocycles. The van der Waals surface area contributed by atoms with Gasteiger partial charge in [0.2, 0.25) is 0 Å². The van der Waals surface area contributed by atoms with Crippen LogP contribution in [0.4, 0.5) is 26.3 Å². The highest BCUT2D eigenvalue weighted by Crippen LogP contribution is 2.60. The Bertz CT molecular complexity index is 1090. The summed E-state index contributed by atoms with van der Waals surface area (Å²) in [6.07, 6.45) is 3.17. The zero-order valence-corrected chi connectivity index (χ0v) is 19.2. The average Bonchev–Trinajstić information content (AvgIpc) is 2.82. The fourth-order valence-electron chi connectivity index (χ4n) is 4.54. The fourth-order valence-corrected chi connectivity index (χ4v) is 4.54. The molecule has 2 aliphatic rings. The normalized spacial score (nSPS) is 22.3. The van der Waals surface area contributed by atoms with Crippen molar-refractivity contribution in [1.82, 2.24) is 0 Å². The lowest BCUT2D eigenvalue weighted by Crippen LogP contribution is -2.41. The van der Waals surface area contributed by atoms with E-state index in [4.69, 9.17) is 14.2 Å². The number of rotatable bonds is 8. The second kappa shape index (κ2) is 9.85. The lowest BCUT2D eigenvalue weighted by atomic mass is 9.78. The number of allylic oxidation sites excluding steroid dienone is 1. The standard InChI is InChI=1S/C26H26F6O3/c1-3-5-6-20-34-13-15(14-35-20)7-8-16-9-10-17-18-11-12-19(33-4-2)24(28)22(18)26(31,32)25(29,30)21(17)23(16)27/h3,9-12,15,20H,1,4-8,13-14H2,2H3. The Morgan fingerprint density at radius 2 is 1.54 bits per heavy atom. The van der Waals surface area contributed by atoms with Gasteiger partial charge in [0, 0.05) is 12.3 Å². The van der Waals surface area contributed by atoms with Gasteiger partial charge in [-0.15, -0.1) is 6.58 Å². The van der Waals surface area contributed by atoms with Gasteiger partial charge in [-0.2, -0.15) is 17.6 Å². The van der Waals surface area contributed by atoms with Crippen LogP contribution in [-0.4, -0.2) is 26.1 Å². The monoisotopic (exact) mass is 500 g/mol. The van der Waals surface area contributed by atoms with Gasteiger partial charge in [0.1, 0.15) is 5.82 Å². The topological polar surface area (TPSA) is 27.7 Å². The molecule has 1 fully saturated rings. The molecule has 1 heterocycles. The van der Waals surface area contributed by atoms with Crippen molar-refractivity contribution in [3.8, 4) is 16.9 Å². The molecule has 0 amide bonds. The Morgan fingerprint density at radius 1 is 0.943 bits per heavy atom. The van der Waals surface area contributed by atoms with Crippen molar-refractivity contribution < 1.29 is 40.6 Å². The fraction of sp³-hybridized carbons (Fsp3) is 0.462. The molecule has 0 atom stereocenters. The minimum Gasteiger partial charge on any atom is -0.491 e. The summed E-state index contributed by atoms with van der Waals surface area (Å²) in [4.78, 5) is 0. The first-order valence-corrected chi connectivity index (χ1v) is 11.5. The van der Waals surface area contributed by atoms with E-state index in [1.807, 2.05) is 0 Å². The van der Waals surface area contributed by atoms with Crippen LogP contribution in [0.3, 0.4) is 0 Å². The van der Waals surface area contributed by atoms with Crippen LogP contribution in [0.25, 0.3) is 11.1 Å². The second-order valence-electron chi connectivity index (χ2n) is 8.71. The van der Waals surface area contributed by atoms with Crippen LogP contribution in [-0.2, 0) is 27.7 Å². The number of halogens is 6. The number of fused-ring (bicyclic) bond motifs is 3. The third-order valence-electron chi connectivity index (χ3n) is 6.40. The van der Waals surface area contributed by atoms with E-state index in [-0.39, 0.29) is 30.8 Å². The molecule has 9 heteroatoms. The molecule has 1 saturated heterocycles. The number of benzene rings is 2. The van der Waals surface area contributed by atoms with Gasteiger partial charge < -0.3 is 14.2 Å². The molecule has 0 spiro atoms. The van der Waals surface area contributed by atoms with Crippen LogP contribution in [0.15, 0.2) is 36.9 Å². The van der Waals surface area contributed by atoms with Gasteiger partial charge in [-0.3, -0.25) is 0 Å². The van der Waals surface area contributed by atoms with Crippen LogP contribution >= 0.6 is 0 Å². The predicted molar refractivity (Wildman–Crippen MR) is 118 cm³/mol. The van der Waals surface area contributed by atoms with Crippen LogP contribution in [0.5, 0.6) is 5.75 Å². The zero-order valence-electron chi connectivity index (χ0n) is 19.2. The first-order chi connectivity index (χ1) is 16.6. The Balaban J connectivity index is 1.62. The van der Waals surface area contributed by atoms with E-state index >= 15 is 13.2 Å². The lowest BCUT2D eigenvalue weighted by Gasteiger charge is -2.36. The van der Waals surface area contributed by atoms with Crippen molar-refractivity contribution in [2.75, 3.05) is 19.8 Å². The quantitative estimate of drug-likeness (QED) is 0.286. The summed E-state index contributed by atoms with van der Waals surface area (Å²) in [5.74, 6) is -13.6. The summed E-state index contributed by atoms with van der Waals surface area (Å²) in [7, 11) is 0. The van der Waals surface area contributed by atoms with Crippen molar-refractivity contribution in [2.45, 2.75) is 50.7 Å². The molecular weight excluding hydrogens is 474 g/mol. The van der Waals surface area contributed by atoms with E-state index < -0.39 is 51.5 Å². The van der Waals surface area contributed by atoms with Gasteiger partial charge in [0.05, 0.1) is 30.9 Å². The van der Waals surface area contributed by atoms with Crippen LogP contribution in [0, 0.1) is 17.6 Å². The van der Waals surface area contributed by atoms with Gasteiger partial charge in [-0.05, 0) is 55.0 Å². The molecular formula is C26H26F6O3. The van der Waals surface area contributed by atoms with E-state index in [9.17, 15) is 13.2 Å². The van der Waals surface area contributed by atoms with E-state index in [1.165, 1.54) is 13.0 Å². The maximum Gasteiger partial charge on any atom is 0.343 e. The molecule has 35 heavy (non-hydrogen) atoms. The number of hydrogen-bond donors (Lipinski definition) is 0. The molecule has 0 aromatic heterocycles. The third kappa shape index (κ3) is 4.44. The first-order valence-electron chi connectivity index (χ1n) is 11.5. The van der Waals surface area contributed by atoms with E-state index in [2.05, 4.69) is 6.58 Å². The maximum atomic E-state index is 15.3. The van der Waals surface area contributed by atoms with Crippen molar-refractivity contribution in [2.24, 2.45) is 5.92 Å². The number of hydrogen-bond acceptors (Lipinski definition) is 3. The molecule has 3 nitrogen and oxygen atoms in total. The summed E-state index contributed by atoms with van der Waals surface area (Å²) in [6.45, 7) is 5.82. The van der Waals surface area contributed by atoms with Crippen LogP contribution < -0.4 is 4.74 Å². The van der Waals surface area contributed by atoms with Gasteiger partial charge >= 0.3 is 11.8 Å². The Labute approximate surface area is 199 Å². The predicted octanol–water partition coefficient (Wildman–Crippen LogP) is 7.12. The molecule has 2 aromatic rings. The largest absolute Gasteiger partial charge is 0.491 e. The molecule has 0 radical (unpaired) electrons. The summed E-state index contributed by atoms with van der Waals surface area (Å²) < 4.78 is 107. The zero-order chi connectivity index (χ0) is 25.4. The smallest absolute Gasteiger partial charge is 0.343 e. The van der Waals surface area contributed by atoms with E-state index in [1.54, 1.807) is 6.08 Å². The van der Waals surface area contributed by atoms with Gasteiger partial charge in [-0.1, -0.05) is 18.2 Å². The lowest BCUT2D eigenvalue weighted by molar-refractivity contribution is -0.228. The van der Waals surface area contributed by atoms with Gasteiger partial charge in [0.25, 0.3) is 0 Å². The SMILES string of the molecule is C=CCCC1OCC(CCc2ccc3c(c2F)C(F)(F)C(F)(F)c2c-3ccc(OCC)c2F)CO1. The minimum atomic E-state index is -4.97. The molecule has 0 N–H and O–H groups in total. The number of aryl methyl sites for hydroxylation is 1. The maximum absolute atomic E-state index is 15.3. The van der Waals surface area contributed by atoms with E-state index in [0.29, 0.717) is 26.1 Å². The molecule has 1 aliphatic carbocycles. The summed E-state index contributed by atoms with van der Waals surface area (Å²) in [6, 6.07) is 4.57. The molecule has 4 rings (SSSR count). The minimum absolute atomic E-state index is 0.0277. The van der Waals surface area contributed by atoms with Crippen molar-refractivity contribution in [3.05, 3.63) is 65.2 Å². The third-order valence-corrected chi connectivity index (χ3v) is 6.40. The second-order valence-corrected chi connectivity index (χ2v) is 8.71. The van der Waals surface area contributed by atoms with Gasteiger partial charge in [-0.25, -0.2) is 8.78 Å². The van der Waals surface area contributed by atoms with Crippen molar-refractivity contribution in [3.63, 3.8) is 0 Å². The van der Waals surface area contributed by atoms with Crippen LogP contribution in [0.1, 0.15) is 42.9 Å². The summed E-state index contributed by atoms with van der Waals surface area (Å²) >= 11 is 0. The molecule has 0 unspecified atom stereocenters. The summed E-state index contributed by atoms with van der Waals surface area (Å²) in [5, 5.41) is 0. The molecule has 2 aromatic carbocycles. The summed E-state index contributed by atoms with van der Waals surface area (Å²) in [5.41, 5.74) is -3.98.